The molecule has 0 saturated carbocycles. The monoisotopic (exact) mass is 281 g/mol. The Balaban J connectivity index is 2.45. The Hall–Kier alpha value is -1.00. The van der Waals surface area contributed by atoms with E-state index in [0.717, 1.165) is 18.7 Å². The highest BCUT2D eigenvalue weighted by Gasteiger charge is 2.15. The molecule has 1 rings (SSSR count). The van der Waals surface area contributed by atoms with Crippen molar-refractivity contribution in [3.63, 3.8) is 0 Å². The molecule has 0 saturated heterocycles. The Bertz CT molecular complexity index is 421. The minimum absolute atomic E-state index is 0.432. The van der Waals surface area contributed by atoms with Gasteiger partial charge in [0.1, 0.15) is 6.04 Å². The molecule has 0 aliphatic heterocycles. The molecule has 0 aromatic heterocycles. The molecule has 106 valence electrons. The van der Waals surface area contributed by atoms with Crippen LogP contribution in [0.3, 0.4) is 0 Å². The van der Waals surface area contributed by atoms with Crippen LogP contribution in [0.2, 0.25) is 0 Å². The number of aryl methyl sites for hydroxylation is 2. The topological polar surface area (TPSA) is 49.3 Å². The minimum atomic E-state index is -0.755. The second-order valence-corrected chi connectivity index (χ2v) is 5.89. The first-order chi connectivity index (χ1) is 9.04. The number of carbonyl (C=O) groups is 1. The lowest BCUT2D eigenvalue weighted by Gasteiger charge is -2.14. The molecule has 19 heavy (non-hydrogen) atoms. The first-order valence-electron chi connectivity index (χ1n) is 6.70. The van der Waals surface area contributed by atoms with Gasteiger partial charge in [0.2, 0.25) is 0 Å². The fourth-order valence-corrected chi connectivity index (χ4v) is 2.90. The lowest BCUT2D eigenvalue weighted by atomic mass is 10.2. The number of thioether (sulfide) groups is 1. The molecule has 0 amide bonds. The summed E-state index contributed by atoms with van der Waals surface area (Å²) in [6, 6.07) is 5.94. The molecule has 0 aliphatic carbocycles. The van der Waals surface area contributed by atoms with E-state index in [1.54, 1.807) is 11.8 Å². The number of rotatable bonds is 8. The van der Waals surface area contributed by atoms with Crippen molar-refractivity contribution in [2.45, 2.75) is 44.6 Å². The SMILES string of the molecule is CCCNC(CCSc1ccc(C)cc1C)C(=O)O. The molecule has 0 fully saturated rings. The summed E-state index contributed by atoms with van der Waals surface area (Å²) in [6.07, 6.45) is 1.60. The van der Waals surface area contributed by atoms with E-state index in [-0.39, 0.29) is 0 Å². The molecule has 0 aliphatic rings. The van der Waals surface area contributed by atoms with Gasteiger partial charge in [-0.2, -0.15) is 0 Å². The van der Waals surface area contributed by atoms with Crippen molar-refractivity contribution in [2.75, 3.05) is 12.3 Å². The van der Waals surface area contributed by atoms with E-state index in [9.17, 15) is 4.79 Å². The van der Waals surface area contributed by atoms with E-state index >= 15 is 0 Å². The molecule has 4 heteroatoms. The quantitative estimate of drug-likeness (QED) is 0.718. The molecule has 0 bridgehead atoms. The summed E-state index contributed by atoms with van der Waals surface area (Å²) in [4.78, 5) is 12.3. The van der Waals surface area contributed by atoms with Crippen molar-refractivity contribution in [1.29, 1.82) is 0 Å². The summed E-state index contributed by atoms with van der Waals surface area (Å²) in [5, 5.41) is 12.2. The number of nitrogens with one attached hydrogen (secondary N) is 1. The van der Waals surface area contributed by atoms with Gasteiger partial charge in [0, 0.05) is 10.6 Å². The molecule has 2 N–H and O–H groups in total. The van der Waals surface area contributed by atoms with Crippen molar-refractivity contribution in [3.8, 4) is 0 Å². The average Bonchev–Trinajstić information content (AvgIpc) is 2.35. The predicted octanol–water partition coefficient (Wildman–Crippen LogP) is 3.24. The number of hydrogen-bond donors (Lipinski definition) is 2. The lowest BCUT2D eigenvalue weighted by molar-refractivity contribution is -0.139. The molecule has 1 atom stereocenters. The fourth-order valence-electron chi connectivity index (χ4n) is 1.88. The summed E-state index contributed by atoms with van der Waals surface area (Å²) in [7, 11) is 0. The zero-order valence-electron chi connectivity index (χ0n) is 11.9. The molecule has 3 nitrogen and oxygen atoms in total. The van der Waals surface area contributed by atoms with Crippen molar-refractivity contribution >= 4 is 17.7 Å². The van der Waals surface area contributed by atoms with Crippen LogP contribution in [-0.2, 0) is 4.79 Å². The Morgan fingerprint density at radius 3 is 2.74 bits per heavy atom. The number of hydrogen-bond acceptors (Lipinski definition) is 3. The van der Waals surface area contributed by atoms with Crippen LogP contribution in [-0.4, -0.2) is 29.4 Å². The van der Waals surface area contributed by atoms with Crippen LogP contribution in [0.25, 0.3) is 0 Å². The van der Waals surface area contributed by atoms with Crippen LogP contribution in [0.1, 0.15) is 30.9 Å². The highest BCUT2D eigenvalue weighted by molar-refractivity contribution is 7.99. The van der Waals surface area contributed by atoms with Crippen LogP contribution in [0.5, 0.6) is 0 Å². The second-order valence-electron chi connectivity index (χ2n) is 4.75. The van der Waals surface area contributed by atoms with Crippen molar-refractivity contribution in [3.05, 3.63) is 29.3 Å². The van der Waals surface area contributed by atoms with E-state index in [2.05, 4.69) is 37.4 Å². The Morgan fingerprint density at radius 1 is 1.42 bits per heavy atom. The third-order valence-corrected chi connectivity index (χ3v) is 4.14. The van der Waals surface area contributed by atoms with Gasteiger partial charge in [0.05, 0.1) is 0 Å². The third kappa shape index (κ3) is 5.66. The number of aliphatic carboxylic acids is 1. The van der Waals surface area contributed by atoms with Crippen LogP contribution in [0.4, 0.5) is 0 Å². The van der Waals surface area contributed by atoms with Crippen LogP contribution >= 0.6 is 11.8 Å². The lowest BCUT2D eigenvalue weighted by Crippen LogP contribution is -2.37. The maximum absolute atomic E-state index is 11.1. The first-order valence-corrected chi connectivity index (χ1v) is 7.69. The third-order valence-electron chi connectivity index (χ3n) is 2.93. The first kappa shape index (κ1) is 16.1. The molecule has 0 spiro atoms. The summed E-state index contributed by atoms with van der Waals surface area (Å²) < 4.78 is 0. The van der Waals surface area contributed by atoms with Gasteiger partial charge < -0.3 is 10.4 Å². The van der Waals surface area contributed by atoms with Crippen molar-refractivity contribution in [1.82, 2.24) is 5.32 Å². The summed E-state index contributed by atoms with van der Waals surface area (Å²) in [6.45, 7) is 6.97. The van der Waals surface area contributed by atoms with Crippen LogP contribution < -0.4 is 5.32 Å². The van der Waals surface area contributed by atoms with Gasteiger partial charge in [-0.15, -0.1) is 11.8 Å². The van der Waals surface area contributed by atoms with Gasteiger partial charge in [0.15, 0.2) is 0 Å². The molecule has 0 radical (unpaired) electrons. The zero-order chi connectivity index (χ0) is 14.3. The number of carboxylic acids is 1. The summed E-state index contributed by atoms with van der Waals surface area (Å²) >= 11 is 1.73. The fraction of sp³-hybridized carbons (Fsp3) is 0.533. The number of carboxylic acid groups (broad SMARTS) is 1. The Kier molecular flexibility index (Phi) is 6.95. The summed E-state index contributed by atoms with van der Waals surface area (Å²) in [5.74, 6) is 0.0621. The van der Waals surface area contributed by atoms with E-state index in [1.165, 1.54) is 16.0 Å². The standard InChI is InChI=1S/C15H23NO2S/c1-4-8-16-13(15(17)18)7-9-19-14-6-5-11(2)10-12(14)3/h5-6,10,13,16H,4,7-9H2,1-3H3,(H,17,18). The van der Waals surface area contributed by atoms with E-state index in [4.69, 9.17) is 5.11 Å². The molecular formula is C15H23NO2S. The maximum Gasteiger partial charge on any atom is 0.320 e. The van der Waals surface area contributed by atoms with E-state index in [0.29, 0.717) is 6.42 Å². The van der Waals surface area contributed by atoms with Gasteiger partial charge >= 0.3 is 5.97 Å². The number of benzene rings is 1. The smallest absolute Gasteiger partial charge is 0.320 e. The Morgan fingerprint density at radius 2 is 2.16 bits per heavy atom. The van der Waals surface area contributed by atoms with Gasteiger partial charge in [-0.25, -0.2) is 0 Å². The maximum atomic E-state index is 11.1. The highest BCUT2D eigenvalue weighted by atomic mass is 32.2. The van der Waals surface area contributed by atoms with Crippen LogP contribution in [0.15, 0.2) is 23.1 Å². The van der Waals surface area contributed by atoms with E-state index < -0.39 is 12.0 Å². The predicted molar refractivity (Wildman–Crippen MR) is 81.0 cm³/mol. The second kappa shape index (κ2) is 8.23. The molecule has 1 unspecified atom stereocenters. The molecule has 1 aromatic carbocycles. The van der Waals surface area contributed by atoms with Crippen LogP contribution in [0, 0.1) is 13.8 Å². The van der Waals surface area contributed by atoms with Gasteiger partial charge in [0.25, 0.3) is 0 Å². The molecule has 1 aromatic rings. The minimum Gasteiger partial charge on any atom is -0.480 e. The zero-order valence-corrected chi connectivity index (χ0v) is 12.7. The molecular weight excluding hydrogens is 258 g/mol. The normalized spacial score (nSPS) is 12.4. The summed E-state index contributed by atoms with van der Waals surface area (Å²) in [5.41, 5.74) is 2.52. The van der Waals surface area contributed by atoms with Crippen molar-refractivity contribution < 1.29 is 9.90 Å². The average molecular weight is 281 g/mol. The van der Waals surface area contributed by atoms with Gasteiger partial charge in [-0.05, 0) is 44.9 Å². The highest BCUT2D eigenvalue weighted by Crippen LogP contribution is 2.24. The largest absolute Gasteiger partial charge is 0.480 e. The van der Waals surface area contributed by atoms with E-state index in [1.807, 2.05) is 6.92 Å². The molecule has 0 heterocycles. The van der Waals surface area contributed by atoms with Crippen molar-refractivity contribution in [2.24, 2.45) is 0 Å². The van der Waals surface area contributed by atoms with Gasteiger partial charge in [-0.3, -0.25) is 4.79 Å². The Labute approximate surface area is 119 Å². The van der Waals surface area contributed by atoms with Gasteiger partial charge in [-0.1, -0.05) is 24.6 Å².